The molecule has 5 fully saturated rings. The Hall–Kier alpha value is -1.22. The largest absolute Gasteiger partial charge is 0.339 e. The predicted molar refractivity (Wildman–Crippen MR) is 121 cm³/mol. The Kier molecular flexibility index (Phi) is 6.49. The molecule has 8 nitrogen and oxygen atoms in total. The second-order valence-electron chi connectivity index (χ2n) is 11.1. The highest BCUT2D eigenvalue weighted by atomic mass is 16.7. The van der Waals surface area contributed by atoms with E-state index in [4.69, 9.17) is 10.6 Å². The summed E-state index contributed by atoms with van der Waals surface area (Å²) < 4.78 is 0. The molecule has 0 spiro atoms. The van der Waals surface area contributed by atoms with Gasteiger partial charge in [0.05, 0.1) is 11.7 Å². The van der Waals surface area contributed by atoms with Crippen molar-refractivity contribution in [2.45, 2.75) is 89.1 Å². The lowest BCUT2D eigenvalue weighted by Gasteiger charge is -2.41. The summed E-state index contributed by atoms with van der Waals surface area (Å²) in [4.78, 5) is 35.0. The zero-order chi connectivity index (χ0) is 22.3. The van der Waals surface area contributed by atoms with E-state index >= 15 is 0 Å². The van der Waals surface area contributed by atoms with E-state index in [-0.39, 0.29) is 24.2 Å². The number of nitrogens with zero attached hydrogens (tertiary/aromatic N) is 2. The van der Waals surface area contributed by atoms with E-state index in [0.717, 1.165) is 37.5 Å². The Morgan fingerprint density at radius 2 is 1.56 bits per heavy atom. The number of rotatable bonds is 4. The van der Waals surface area contributed by atoms with Gasteiger partial charge in [0.15, 0.2) is 0 Å². The van der Waals surface area contributed by atoms with Crippen LogP contribution in [0.3, 0.4) is 0 Å². The van der Waals surface area contributed by atoms with E-state index < -0.39 is 5.54 Å². The summed E-state index contributed by atoms with van der Waals surface area (Å²) in [6.07, 6.45) is 11.6. The fourth-order valence-electron chi connectivity index (χ4n) is 6.62. The first-order valence-electron chi connectivity index (χ1n) is 13.0. The number of hydrogen-bond donors (Lipinski definition) is 3. The normalized spacial score (nSPS) is 39.7. The van der Waals surface area contributed by atoms with Gasteiger partial charge in [-0.25, -0.2) is 0 Å². The number of carbonyl (C=O) groups is 2. The minimum Gasteiger partial charge on any atom is -0.339 e. The summed E-state index contributed by atoms with van der Waals surface area (Å²) in [6, 6.07) is 0. The summed E-state index contributed by atoms with van der Waals surface area (Å²) >= 11 is 0. The molecule has 2 aliphatic heterocycles. The van der Waals surface area contributed by atoms with E-state index in [2.05, 4.69) is 10.8 Å². The molecular weight excluding hydrogens is 406 g/mol. The molecule has 32 heavy (non-hydrogen) atoms. The third-order valence-electron chi connectivity index (χ3n) is 8.89. The second-order valence-corrected chi connectivity index (χ2v) is 11.1. The Balaban J connectivity index is 1.06. The molecule has 2 amide bonds. The van der Waals surface area contributed by atoms with Crippen molar-refractivity contribution in [1.82, 2.24) is 20.6 Å². The van der Waals surface area contributed by atoms with Crippen LogP contribution in [0.25, 0.3) is 0 Å². The molecule has 5 aliphatic rings. The molecule has 2 saturated heterocycles. The summed E-state index contributed by atoms with van der Waals surface area (Å²) in [5.74, 6) is 2.75. The van der Waals surface area contributed by atoms with Crippen molar-refractivity contribution in [3.8, 4) is 0 Å². The first-order valence-corrected chi connectivity index (χ1v) is 13.0. The lowest BCUT2D eigenvalue weighted by Crippen LogP contribution is -2.56. The number of amides is 2. The zero-order valence-corrected chi connectivity index (χ0v) is 19.6. The van der Waals surface area contributed by atoms with Crippen molar-refractivity contribution < 1.29 is 14.4 Å². The average molecular weight is 448 g/mol. The highest BCUT2D eigenvalue weighted by molar-refractivity contribution is 5.89. The number of carbonyl (C=O) groups excluding carboxylic acids is 2. The molecule has 0 aromatic heterocycles. The van der Waals surface area contributed by atoms with Gasteiger partial charge in [0.2, 0.25) is 11.8 Å². The molecule has 8 heteroatoms. The Bertz CT molecular complexity index is 698. The van der Waals surface area contributed by atoms with Gasteiger partial charge < -0.3 is 15.5 Å². The van der Waals surface area contributed by atoms with E-state index in [1.807, 2.05) is 16.7 Å². The van der Waals surface area contributed by atoms with E-state index in [0.29, 0.717) is 38.0 Å². The van der Waals surface area contributed by atoms with Gasteiger partial charge in [0, 0.05) is 32.1 Å². The van der Waals surface area contributed by atoms with Gasteiger partial charge in [0.25, 0.3) is 0 Å². The molecule has 5 rings (SSSR count). The molecule has 0 aromatic rings. The van der Waals surface area contributed by atoms with Crippen molar-refractivity contribution in [2.75, 3.05) is 26.2 Å². The molecule has 180 valence electrons. The van der Waals surface area contributed by atoms with Crippen LogP contribution in [0.1, 0.15) is 71.1 Å². The molecular formula is C24H41N5O3. The van der Waals surface area contributed by atoms with Crippen molar-refractivity contribution in [3.63, 3.8) is 0 Å². The average Bonchev–Trinajstić information content (AvgIpc) is 3.44. The van der Waals surface area contributed by atoms with Gasteiger partial charge in [-0.2, -0.15) is 5.48 Å². The Morgan fingerprint density at radius 1 is 0.906 bits per heavy atom. The zero-order valence-electron chi connectivity index (χ0n) is 19.6. The molecule has 3 aliphatic carbocycles. The van der Waals surface area contributed by atoms with E-state index in [1.165, 1.54) is 38.5 Å². The van der Waals surface area contributed by atoms with Crippen LogP contribution in [0.15, 0.2) is 0 Å². The lowest BCUT2D eigenvalue weighted by molar-refractivity contribution is -0.144. The lowest BCUT2D eigenvalue weighted by atomic mass is 9.68. The van der Waals surface area contributed by atoms with E-state index in [1.54, 1.807) is 0 Å². The van der Waals surface area contributed by atoms with E-state index in [9.17, 15) is 9.59 Å². The van der Waals surface area contributed by atoms with Gasteiger partial charge >= 0.3 is 0 Å². The molecule has 0 aromatic carbocycles. The number of piperazine rings is 1. The molecule has 0 bridgehead atoms. The van der Waals surface area contributed by atoms with Crippen LogP contribution in [0.2, 0.25) is 0 Å². The fourth-order valence-corrected chi connectivity index (χ4v) is 6.62. The quantitative estimate of drug-likeness (QED) is 0.605. The maximum absolute atomic E-state index is 13.1. The molecule has 4 unspecified atom stereocenters. The Morgan fingerprint density at radius 3 is 2.19 bits per heavy atom. The fraction of sp³-hybridized carbons (Fsp3) is 0.917. The van der Waals surface area contributed by atoms with Crippen LogP contribution in [0.4, 0.5) is 0 Å². The highest BCUT2D eigenvalue weighted by Crippen LogP contribution is 2.43. The first kappa shape index (κ1) is 22.6. The summed E-state index contributed by atoms with van der Waals surface area (Å²) in [5, 5.41) is 3.51. The van der Waals surface area contributed by atoms with Gasteiger partial charge in [-0.3, -0.25) is 19.7 Å². The van der Waals surface area contributed by atoms with Gasteiger partial charge in [-0.15, -0.1) is 0 Å². The van der Waals surface area contributed by atoms with Crippen molar-refractivity contribution in [1.29, 1.82) is 0 Å². The predicted octanol–water partition coefficient (Wildman–Crippen LogP) is 1.56. The van der Waals surface area contributed by atoms with Crippen LogP contribution in [0, 0.1) is 23.7 Å². The minimum atomic E-state index is -0.599. The first-order chi connectivity index (χ1) is 15.4. The van der Waals surface area contributed by atoms with Crippen LogP contribution in [-0.2, 0) is 14.4 Å². The number of hydroxylamine groups is 1. The summed E-state index contributed by atoms with van der Waals surface area (Å²) in [5.41, 5.74) is 8.66. The minimum absolute atomic E-state index is 0.0833. The van der Waals surface area contributed by atoms with Gasteiger partial charge in [-0.1, -0.05) is 12.8 Å². The maximum atomic E-state index is 13.1. The van der Waals surface area contributed by atoms with Crippen LogP contribution >= 0.6 is 0 Å². The SMILES string of the molecule is CC1NC(C2CCCC(C3CCC(C(=O)N4CCN(C(=O)C5(N)CC5)CC4)CC3)C2)NO1. The van der Waals surface area contributed by atoms with Gasteiger partial charge in [0.1, 0.15) is 6.23 Å². The number of nitrogens with one attached hydrogen (secondary N) is 2. The van der Waals surface area contributed by atoms with Crippen LogP contribution < -0.4 is 16.5 Å². The number of hydrogen-bond acceptors (Lipinski definition) is 6. The Labute approximate surface area is 191 Å². The third kappa shape index (κ3) is 4.69. The molecule has 3 saturated carbocycles. The third-order valence-corrected chi connectivity index (χ3v) is 8.89. The highest BCUT2D eigenvalue weighted by Gasteiger charge is 2.48. The summed E-state index contributed by atoms with van der Waals surface area (Å²) in [6.45, 7) is 4.63. The standard InChI is InChI=1S/C24H41N5O3/c1-16-26-21(27-32-16)20-4-2-3-19(15-20)17-5-7-18(8-6-17)22(30)28-11-13-29(14-12-28)23(31)24(25)9-10-24/h16-21,26-27H,2-15,25H2,1H3. The summed E-state index contributed by atoms with van der Waals surface area (Å²) in [7, 11) is 0. The van der Waals surface area contributed by atoms with Crippen LogP contribution in [-0.4, -0.2) is 65.7 Å². The molecule has 4 atom stereocenters. The topological polar surface area (TPSA) is 99.9 Å². The van der Waals surface area contributed by atoms with Gasteiger partial charge in [-0.05, 0) is 76.0 Å². The second kappa shape index (κ2) is 9.20. The monoisotopic (exact) mass is 447 g/mol. The van der Waals surface area contributed by atoms with Crippen LogP contribution in [0.5, 0.6) is 0 Å². The molecule has 4 N–H and O–H groups in total. The molecule has 2 heterocycles. The smallest absolute Gasteiger partial charge is 0.242 e. The molecule has 0 radical (unpaired) electrons. The van der Waals surface area contributed by atoms with Crippen molar-refractivity contribution >= 4 is 11.8 Å². The number of nitrogens with two attached hydrogens (primary N) is 1. The maximum Gasteiger partial charge on any atom is 0.242 e. The van der Waals surface area contributed by atoms with Crippen molar-refractivity contribution in [3.05, 3.63) is 0 Å². The van der Waals surface area contributed by atoms with Crippen molar-refractivity contribution in [2.24, 2.45) is 29.4 Å².